The van der Waals surface area contributed by atoms with Gasteiger partial charge in [0.05, 0.1) is 24.7 Å². The van der Waals surface area contributed by atoms with E-state index in [0.717, 1.165) is 29.2 Å². The van der Waals surface area contributed by atoms with Crippen LogP contribution in [-0.2, 0) is 0 Å². The van der Waals surface area contributed by atoms with E-state index in [1.165, 1.54) is 19.4 Å². The van der Waals surface area contributed by atoms with Crippen LogP contribution in [-0.4, -0.2) is 42.1 Å². The quantitative estimate of drug-likeness (QED) is 0.868. The van der Waals surface area contributed by atoms with Crippen molar-refractivity contribution in [3.63, 3.8) is 0 Å². The van der Waals surface area contributed by atoms with Gasteiger partial charge in [-0.2, -0.15) is 0 Å². The molecule has 0 saturated carbocycles. The number of piperidine rings is 1. The number of aromatic nitrogens is 2. The lowest BCUT2D eigenvalue weighted by molar-refractivity contribution is 0.248. The van der Waals surface area contributed by atoms with Crippen LogP contribution in [0, 0.1) is 0 Å². The second-order valence-corrected chi connectivity index (χ2v) is 5.66. The largest absolute Gasteiger partial charge is 0.497 e. The van der Waals surface area contributed by atoms with Crippen LogP contribution in [0.2, 0.25) is 0 Å². The van der Waals surface area contributed by atoms with Gasteiger partial charge in [0.25, 0.3) is 0 Å². The van der Waals surface area contributed by atoms with Crippen LogP contribution in [0.5, 0.6) is 5.75 Å². The molecule has 0 radical (unpaired) electrons. The number of benzene rings is 1. The summed E-state index contributed by atoms with van der Waals surface area (Å²) in [5.41, 5.74) is 3.06. The molecule has 3 rings (SSSR count). The zero-order chi connectivity index (χ0) is 14.7. The molecule has 1 aliphatic heterocycles. The number of nitrogens with zero attached hydrogens (tertiary/aromatic N) is 3. The second-order valence-electron chi connectivity index (χ2n) is 5.66. The summed E-state index contributed by atoms with van der Waals surface area (Å²) < 4.78 is 5.28. The molecule has 0 amide bonds. The van der Waals surface area contributed by atoms with Gasteiger partial charge in [-0.3, -0.25) is 4.98 Å². The Bertz CT molecular complexity index is 614. The molecule has 1 saturated heterocycles. The third kappa shape index (κ3) is 3.22. The van der Waals surface area contributed by atoms with Crippen LogP contribution >= 0.6 is 0 Å². The number of rotatable bonds is 3. The zero-order valence-electron chi connectivity index (χ0n) is 12.6. The van der Waals surface area contributed by atoms with Crippen LogP contribution in [0.4, 0.5) is 0 Å². The second kappa shape index (κ2) is 6.22. The first-order valence-electron chi connectivity index (χ1n) is 7.41. The number of likely N-dealkylation sites (N-methyl/N-ethyl adjacent to an activating group) is 1. The Morgan fingerprint density at radius 2 is 2.19 bits per heavy atom. The van der Waals surface area contributed by atoms with Crippen LogP contribution in [0.15, 0.2) is 36.7 Å². The van der Waals surface area contributed by atoms with E-state index in [1.54, 1.807) is 7.11 Å². The van der Waals surface area contributed by atoms with Crippen molar-refractivity contribution in [1.29, 1.82) is 0 Å². The van der Waals surface area contributed by atoms with Crippen molar-refractivity contribution in [3.05, 3.63) is 42.4 Å². The van der Waals surface area contributed by atoms with Crippen molar-refractivity contribution >= 4 is 0 Å². The number of hydrogen-bond acceptors (Lipinski definition) is 4. The van der Waals surface area contributed by atoms with Gasteiger partial charge in [0.1, 0.15) is 5.75 Å². The van der Waals surface area contributed by atoms with Gasteiger partial charge in [-0.05, 0) is 38.6 Å². The summed E-state index contributed by atoms with van der Waals surface area (Å²) in [6, 6.07) is 7.97. The maximum absolute atomic E-state index is 5.28. The van der Waals surface area contributed by atoms with Gasteiger partial charge >= 0.3 is 0 Å². The molecule has 2 heterocycles. The van der Waals surface area contributed by atoms with E-state index in [0.29, 0.717) is 5.92 Å². The molecule has 0 aliphatic carbocycles. The van der Waals surface area contributed by atoms with Crippen LogP contribution in [0.1, 0.15) is 24.5 Å². The first kappa shape index (κ1) is 14.0. The Balaban J connectivity index is 1.88. The van der Waals surface area contributed by atoms with Gasteiger partial charge in [0.2, 0.25) is 0 Å². The molecule has 2 aromatic rings. The summed E-state index contributed by atoms with van der Waals surface area (Å²) >= 11 is 0. The van der Waals surface area contributed by atoms with Crippen molar-refractivity contribution in [2.75, 3.05) is 27.2 Å². The lowest BCUT2D eigenvalue weighted by Gasteiger charge is -2.29. The van der Waals surface area contributed by atoms with E-state index < -0.39 is 0 Å². The normalized spacial score (nSPS) is 19.4. The number of hydrogen-bond donors (Lipinski definition) is 0. The third-order valence-electron chi connectivity index (χ3n) is 4.06. The molecule has 4 nitrogen and oxygen atoms in total. The number of likely N-dealkylation sites (tertiary alicyclic amines) is 1. The fourth-order valence-electron chi connectivity index (χ4n) is 2.91. The van der Waals surface area contributed by atoms with Crippen LogP contribution in [0.3, 0.4) is 0 Å². The van der Waals surface area contributed by atoms with Gasteiger partial charge in [-0.1, -0.05) is 12.1 Å². The Hall–Kier alpha value is -1.94. The van der Waals surface area contributed by atoms with Crippen molar-refractivity contribution in [2.45, 2.75) is 18.8 Å². The molecule has 0 spiro atoms. The highest BCUT2D eigenvalue weighted by atomic mass is 16.5. The molecule has 1 aromatic heterocycles. The molecule has 0 unspecified atom stereocenters. The predicted molar refractivity (Wildman–Crippen MR) is 83.5 cm³/mol. The summed E-state index contributed by atoms with van der Waals surface area (Å²) in [7, 11) is 3.85. The predicted octanol–water partition coefficient (Wildman–Crippen LogP) is 2.96. The summed E-state index contributed by atoms with van der Waals surface area (Å²) in [4.78, 5) is 11.6. The SMILES string of the molecule is COc1cccc(-c2cncc([C@@H]3CCCN(C)C3)n2)c1. The highest BCUT2D eigenvalue weighted by Crippen LogP contribution is 2.27. The van der Waals surface area contributed by atoms with E-state index >= 15 is 0 Å². The van der Waals surface area contributed by atoms with Gasteiger partial charge in [-0.15, -0.1) is 0 Å². The molecule has 110 valence electrons. The average Bonchev–Trinajstić information content (AvgIpc) is 2.55. The fourth-order valence-corrected chi connectivity index (χ4v) is 2.91. The molecular formula is C17H21N3O. The molecular weight excluding hydrogens is 262 g/mol. The molecule has 1 aromatic carbocycles. The highest BCUT2D eigenvalue weighted by molar-refractivity contribution is 5.60. The smallest absolute Gasteiger partial charge is 0.119 e. The maximum Gasteiger partial charge on any atom is 0.119 e. The summed E-state index contributed by atoms with van der Waals surface area (Å²) in [5, 5.41) is 0. The minimum atomic E-state index is 0.488. The van der Waals surface area contributed by atoms with Crippen molar-refractivity contribution in [1.82, 2.24) is 14.9 Å². The first-order valence-corrected chi connectivity index (χ1v) is 7.41. The Morgan fingerprint density at radius 1 is 1.29 bits per heavy atom. The third-order valence-corrected chi connectivity index (χ3v) is 4.06. The topological polar surface area (TPSA) is 38.2 Å². The number of methoxy groups -OCH3 is 1. The van der Waals surface area contributed by atoms with Crippen LogP contribution < -0.4 is 4.74 Å². The molecule has 1 fully saturated rings. The van der Waals surface area contributed by atoms with Crippen LogP contribution in [0.25, 0.3) is 11.3 Å². The molecule has 1 aliphatic rings. The molecule has 0 N–H and O–H groups in total. The minimum Gasteiger partial charge on any atom is -0.497 e. The number of ether oxygens (including phenoxy) is 1. The zero-order valence-corrected chi connectivity index (χ0v) is 12.6. The average molecular weight is 283 g/mol. The van der Waals surface area contributed by atoms with E-state index in [-0.39, 0.29) is 0 Å². The van der Waals surface area contributed by atoms with Crippen molar-refractivity contribution in [3.8, 4) is 17.0 Å². The standard InChI is InChI=1S/C17H21N3O/c1-20-8-4-6-14(12-20)17-11-18-10-16(19-17)13-5-3-7-15(9-13)21-2/h3,5,7,9-11,14H,4,6,8,12H2,1-2H3/t14-/m1/s1. The Kier molecular flexibility index (Phi) is 4.15. The van der Waals surface area contributed by atoms with Crippen molar-refractivity contribution in [2.24, 2.45) is 0 Å². The summed E-state index contributed by atoms with van der Waals surface area (Å²) in [5.74, 6) is 1.33. The highest BCUT2D eigenvalue weighted by Gasteiger charge is 2.20. The van der Waals surface area contributed by atoms with E-state index in [1.807, 2.05) is 36.7 Å². The van der Waals surface area contributed by atoms with E-state index in [9.17, 15) is 0 Å². The van der Waals surface area contributed by atoms with Crippen molar-refractivity contribution < 1.29 is 4.74 Å². The van der Waals surface area contributed by atoms with Gasteiger partial charge < -0.3 is 9.64 Å². The lowest BCUT2D eigenvalue weighted by Crippen LogP contribution is -2.31. The first-order chi connectivity index (χ1) is 10.3. The molecule has 0 bridgehead atoms. The molecule has 4 heteroatoms. The summed E-state index contributed by atoms with van der Waals surface area (Å²) in [6.45, 7) is 2.25. The monoisotopic (exact) mass is 283 g/mol. The summed E-state index contributed by atoms with van der Waals surface area (Å²) in [6.07, 6.45) is 6.16. The minimum absolute atomic E-state index is 0.488. The maximum atomic E-state index is 5.28. The lowest BCUT2D eigenvalue weighted by atomic mass is 9.95. The van der Waals surface area contributed by atoms with Gasteiger partial charge in [0, 0.05) is 24.2 Å². The Labute approximate surface area is 125 Å². The fraction of sp³-hybridized carbons (Fsp3) is 0.412. The van der Waals surface area contributed by atoms with Gasteiger partial charge in [0.15, 0.2) is 0 Å². The van der Waals surface area contributed by atoms with E-state index in [4.69, 9.17) is 9.72 Å². The van der Waals surface area contributed by atoms with E-state index in [2.05, 4.69) is 16.9 Å². The Morgan fingerprint density at radius 3 is 3.00 bits per heavy atom. The molecule has 21 heavy (non-hydrogen) atoms. The molecule has 1 atom stereocenters. The van der Waals surface area contributed by atoms with Gasteiger partial charge in [-0.25, -0.2) is 4.98 Å².